The molecular formula is C17H17F2N3S. The molecule has 1 aliphatic rings. The molecule has 0 spiro atoms. The van der Waals surface area contributed by atoms with Crippen molar-refractivity contribution in [3.63, 3.8) is 0 Å². The Bertz CT molecular complexity index is 759. The van der Waals surface area contributed by atoms with Gasteiger partial charge in [-0.15, -0.1) is 11.3 Å². The Morgan fingerprint density at radius 3 is 2.65 bits per heavy atom. The van der Waals surface area contributed by atoms with E-state index in [4.69, 9.17) is 0 Å². The van der Waals surface area contributed by atoms with Crippen LogP contribution in [0.3, 0.4) is 0 Å². The van der Waals surface area contributed by atoms with Crippen molar-refractivity contribution in [3.05, 3.63) is 51.4 Å². The maximum absolute atomic E-state index is 13.4. The van der Waals surface area contributed by atoms with Crippen LogP contribution in [0.5, 0.6) is 0 Å². The molecule has 23 heavy (non-hydrogen) atoms. The Morgan fingerprint density at radius 1 is 1.35 bits per heavy atom. The summed E-state index contributed by atoms with van der Waals surface area (Å²) in [6.45, 7) is 3.18. The molecule has 3 rings (SSSR count). The van der Waals surface area contributed by atoms with Crippen LogP contribution in [-0.2, 0) is 19.5 Å². The highest BCUT2D eigenvalue weighted by Gasteiger charge is 2.28. The van der Waals surface area contributed by atoms with E-state index in [1.807, 2.05) is 7.05 Å². The first-order valence-electron chi connectivity index (χ1n) is 7.43. The van der Waals surface area contributed by atoms with Gasteiger partial charge in [0.1, 0.15) is 22.7 Å². The van der Waals surface area contributed by atoms with Gasteiger partial charge in [0, 0.05) is 42.7 Å². The van der Waals surface area contributed by atoms with E-state index >= 15 is 0 Å². The van der Waals surface area contributed by atoms with E-state index in [-0.39, 0.29) is 6.04 Å². The van der Waals surface area contributed by atoms with Gasteiger partial charge >= 0.3 is 0 Å². The summed E-state index contributed by atoms with van der Waals surface area (Å²) in [5.41, 5.74) is 2.34. The number of hydrogen-bond donors (Lipinski definition) is 1. The van der Waals surface area contributed by atoms with Crippen LogP contribution in [0.15, 0.2) is 18.2 Å². The molecule has 120 valence electrons. The fourth-order valence-corrected chi connectivity index (χ4v) is 4.28. The molecule has 0 saturated carbocycles. The van der Waals surface area contributed by atoms with E-state index in [1.54, 1.807) is 11.3 Å². The molecule has 1 atom stereocenters. The van der Waals surface area contributed by atoms with Crippen LogP contribution < -0.4 is 5.32 Å². The van der Waals surface area contributed by atoms with Gasteiger partial charge in [-0.2, -0.15) is 5.26 Å². The van der Waals surface area contributed by atoms with E-state index in [0.717, 1.165) is 23.1 Å². The normalized spacial score (nSPS) is 17.6. The average molecular weight is 333 g/mol. The Balaban J connectivity index is 1.88. The van der Waals surface area contributed by atoms with Crippen molar-refractivity contribution in [2.75, 3.05) is 12.4 Å². The molecule has 1 N–H and O–H groups in total. The number of nitrogens with zero attached hydrogens (tertiary/aromatic N) is 2. The number of halogens is 2. The second-order valence-corrected chi connectivity index (χ2v) is 6.91. The Kier molecular flexibility index (Phi) is 4.33. The average Bonchev–Trinajstić information content (AvgIpc) is 2.83. The quantitative estimate of drug-likeness (QED) is 0.926. The Morgan fingerprint density at radius 2 is 2.04 bits per heavy atom. The lowest BCUT2D eigenvalue weighted by molar-refractivity contribution is 0.176. The number of thiophene rings is 1. The largest absolute Gasteiger partial charge is 0.379 e. The highest BCUT2D eigenvalue weighted by molar-refractivity contribution is 7.16. The van der Waals surface area contributed by atoms with Gasteiger partial charge in [0.15, 0.2) is 0 Å². The van der Waals surface area contributed by atoms with Gasteiger partial charge in [-0.3, -0.25) is 4.90 Å². The molecule has 0 bridgehead atoms. The monoisotopic (exact) mass is 333 g/mol. The first kappa shape index (κ1) is 15.9. The van der Waals surface area contributed by atoms with E-state index in [0.29, 0.717) is 24.2 Å². The summed E-state index contributed by atoms with van der Waals surface area (Å²) < 4.78 is 26.8. The van der Waals surface area contributed by atoms with Crippen LogP contribution in [0.4, 0.5) is 13.8 Å². The predicted molar refractivity (Wildman–Crippen MR) is 87.4 cm³/mol. The minimum Gasteiger partial charge on any atom is -0.379 e. The number of benzene rings is 1. The zero-order valence-electron chi connectivity index (χ0n) is 13.0. The third kappa shape index (κ3) is 3.07. The van der Waals surface area contributed by atoms with E-state index in [1.165, 1.54) is 17.0 Å². The summed E-state index contributed by atoms with van der Waals surface area (Å²) in [5, 5.41) is 13.4. The van der Waals surface area contributed by atoms with Gasteiger partial charge in [0.05, 0.1) is 5.56 Å². The zero-order valence-corrected chi connectivity index (χ0v) is 13.8. The summed E-state index contributed by atoms with van der Waals surface area (Å²) in [4.78, 5) is 3.38. The Hall–Kier alpha value is -1.97. The maximum atomic E-state index is 13.4. The standard InChI is InChI=1S/C17H17F2N3S/c1-10-3-16-15(14(7-20)17(21-2)23-16)9-22(10)8-11-4-12(18)6-13(19)5-11/h4-6,10,21H,3,8-9H2,1-2H3. The number of nitriles is 1. The first-order valence-corrected chi connectivity index (χ1v) is 8.25. The van der Waals surface area contributed by atoms with Crippen molar-refractivity contribution < 1.29 is 8.78 Å². The van der Waals surface area contributed by atoms with Crippen molar-refractivity contribution in [1.29, 1.82) is 5.26 Å². The van der Waals surface area contributed by atoms with E-state index in [9.17, 15) is 14.0 Å². The van der Waals surface area contributed by atoms with Crippen LogP contribution in [0.25, 0.3) is 0 Å². The molecule has 0 radical (unpaired) electrons. The van der Waals surface area contributed by atoms with Gasteiger partial charge in [-0.25, -0.2) is 8.78 Å². The molecule has 0 saturated heterocycles. The highest BCUT2D eigenvalue weighted by Crippen LogP contribution is 2.38. The number of nitrogens with one attached hydrogen (secondary N) is 1. The molecule has 1 aromatic heterocycles. The van der Waals surface area contributed by atoms with Gasteiger partial charge in [-0.05, 0) is 31.0 Å². The second-order valence-electron chi connectivity index (χ2n) is 5.81. The second kappa shape index (κ2) is 6.26. The summed E-state index contributed by atoms with van der Waals surface area (Å²) in [6.07, 6.45) is 0.841. The molecule has 1 aliphatic heterocycles. The topological polar surface area (TPSA) is 39.1 Å². The highest BCUT2D eigenvalue weighted by atomic mass is 32.1. The van der Waals surface area contributed by atoms with Gasteiger partial charge < -0.3 is 5.32 Å². The van der Waals surface area contributed by atoms with Gasteiger partial charge in [0.25, 0.3) is 0 Å². The summed E-state index contributed by atoms with van der Waals surface area (Å²) in [6, 6.07) is 6.14. The van der Waals surface area contributed by atoms with E-state index < -0.39 is 11.6 Å². The fraction of sp³-hybridized carbons (Fsp3) is 0.353. The first-order chi connectivity index (χ1) is 11.0. The summed E-state index contributed by atoms with van der Waals surface area (Å²) in [7, 11) is 1.81. The lowest BCUT2D eigenvalue weighted by Crippen LogP contribution is -2.37. The predicted octanol–water partition coefficient (Wildman–Crippen LogP) is 3.89. The molecule has 1 aromatic carbocycles. The van der Waals surface area contributed by atoms with Crippen LogP contribution in [0.1, 0.15) is 28.5 Å². The van der Waals surface area contributed by atoms with Crippen molar-refractivity contribution in [1.82, 2.24) is 4.90 Å². The smallest absolute Gasteiger partial charge is 0.126 e. The Labute approximate surface area is 138 Å². The van der Waals surface area contributed by atoms with Crippen molar-refractivity contribution >= 4 is 16.3 Å². The van der Waals surface area contributed by atoms with Crippen molar-refractivity contribution in [2.24, 2.45) is 0 Å². The van der Waals surface area contributed by atoms with Gasteiger partial charge in [0.2, 0.25) is 0 Å². The number of fused-ring (bicyclic) bond motifs is 1. The number of anilines is 1. The number of hydrogen-bond acceptors (Lipinski definition) is 4. The molecule has 2 aromatic rings. The maximum Gasteiger partial charge on any atom is 0.126 e. The molecule has 3 nitrogen and oxygen atoms in total. The van der Waals surface area contributed by atoms with Crippen LogP contribution in [0.2, 0.25) is 0 Å². The lowest BCUT2D eigenvalue weighted by atomic mass is 9.99. The molecule has 0 aliphatic carbocycles. The van der Waals surface area contributed by atoms with Crippen LogP contribution in [0, 0.1) is 23.0 Å². The summed E-state index contributed by atoms with van der Waals surface area (Å²) in [5.74, 6) is -1.12. The van der Waals surface area contributed by atoms with Crippen molar-refractivity contribution in [2.45, 2.75) is 32.5 Å². The zero-order chi connectivity index (χ0) is 16.6. The molecule has 0 fully saturated rings. The lowest BCUT2D eigenvalue weighted by Gasteiger charge is -2.33. The SMILES string of the molecule is CNc1sc2c(c1C#N)CN(Cc1cc(F)cc(F)c1)C(C)C2. The van der Waals surface area contributed by atoms with Crippen molar-refractivity contribution in [3.8, 4) is 6.07 Å². The fourth-order valence-electron chi connectivity index (χ4n) is 3.04. The molecule has 6 heteroatoms. The molecule has 1 unspecified atom stereocenters. The van der Waals surface area contributed by atoms with Crippen LogP contribution >= 0.6 is 11.3 Å². The minimum absolute atomic E-state index is 0.253. The number of rotatable bonds is 3. The minimum atomic E-state index is -0.559. The summed E-state index contributed by atoms with van der Waals surface area (Å²) >= 11 is 1.62. The third-order valence-corrected chi connectivity index (χ3v) is 5.47. The van der Waals surface area contributed by atoms with Crippen LogP contribution in [-0.4, -0.2) is 18.0 Å². The third-order valence-electron chi connectivity index (χ3n) is 4.20. The molecule has 0 amide bonds. The van der Waals surface area contributed by atoms with E-state index in [2.05, 4.69) is 23.2 Å². The van der Waals surface area contributed by atoms with Gasteiger partial charge in [-0.1, -0.05) is 0 Å². The molecule has 2 heterocycles. The molecular weight excluding hydrogens is 316 g/mol.